The van der Waals surface area contributed by atoms with Crippen LogP contribution in [0.25, 0.3) is 117 Å². The van der Waals surface area contributed by atoms with Crippen LogP contribution in [0.15, 0.2) is 170 Å². The van der Waals surface area contributed by atoms with Crippen molar-refractivity contribution >= 4 is 95.3 Å². The Morgan fingerprint density at radius 3 is 1.82 bits per heavy atom. The number of thiophene rings is 2. The Kier molecular flexibility index (Phi) is 7.41. The van der Waals surface area contributed by atoms with Gasteiger partial charge in [-0.3, -0.25) is 0 Å². The zero-order valence-electron chi connectivity index (χ0n) is 30.2. The van der Waals surface area contributed by atoms with Crippen LogP contribution in [-0.4, -0.2) is 19.9 Å². The molecule has 57 heavy (non-hydrogen) atoms. The molecule has 0 aliphatic heterocycles. The van der Waals surface area contributed by atoms with Crippen molar-refractivity contribution in [2.24, 2.45) is 0 Å². The quantitative estimate of drug-likeness (QED) is 0.175. The van der Waals surface area contributed by atoms with Crippen molar-refractivity contribution in [1.29, 1.82) is 0 Å². The van der Waals surface area contributed by atoms with Crippen LogP contribution in [0.5, 0.6) is 0 Å². The van der Waals surface area contributed by atoms with Crippen LogP contribution in [0.2, 0.25) is 0 Å². The highest BCUT2D eigenvalue weighted by Gasteiger charge is 2.22. The third-order valence-corrected chi connectivity index (χ3v) is 14.2. The summed E-state index contributed by atoms with van der Waals surface area (Å²) in [5.41, 5.74) is 7.35. The highest BCUT2D eigenvalue weighted by atomic mass is 32.1. The molecule has 12 aromatic rings. The monoisotopic (exact) mass is 780 g/mol. The minimum atomic E-state index is 0.641. The Balaban J connectivity index is 1.08. The van der Waals surface area contributed by atoms with Gasteiger partial charge in [0, 0.05) is 68.2 Å². The Bertz CT molecular complexity index is 3530. The lowest BCUT2D eigenvalue weighted by Crippen LogP contribution is -2.01. The summed E-state index contributed by atoms with van der Waals surface area (Å²) in [6.45, 7) is 0. The van der Waals surface area contributed by atoms with Gasteiger partial charge < -0.3 is 0 Å². The van der Waals surface area contributed by atoms with E-state index >= 15 is 0 Å². The smallest absolute Gasteiger partial charge is 0.165 e. The summed E-state index contributed by atoms with van der Waals surface area (Å²) in [6.07, 6.45) is 0. The van der Waals surface area contributed by atoms with Gasteiger partial charge in [0.1, 0.15) is 5.01 Å². The van der Waals surface area contributed by atoms with Gasteiger partial charge in [0.15, 0.2) is 17.5 Å². The molecule has 0 aliphatic carbocycles. The van der Waals surface area contributed by atoms with Crippen LogP contribution in [0.4, 0.5) is 0 Å². The molecule has 12 rings (SSSR count). The summed E-state index contributed by atoms with van der Waals surface area (Å²) in [6, 6.07) is 59.9. The molecule has 0 saturated carbocycles. The molecule has 266 valence electrons. The van der Waals surface area contributed by atoms with Gasteiger partial charge >= 0.3 is 0 Å². The maximum absolute atomic E-state index is 5.43. The minimum Gasteiger partial charge on any atom is -0.235 e. The summed E-state index contributed by atoms with van der Waals surface area (Å²) in [7, 11) is 0. The van der Waals surface area contributed by atoms with Crippen molar-refractivity contribution in [3.05, 3.63) is 170 Å². The van der Waals surface area contributed by atoms with Crippen molar-refractivity contribution in [3.63, 3.8) is 0 Å². The van der Waals surface area contributed by atoms with Crippen LogP contribution >= 0.6 is 34.0 Å². The van der Waals surface area contributed by atoms with Crippen LogP contribution in [0.1, 0.15) is 0 Å². The Labute approximate surface area is 339 Å². The van der Waals surface area contributed by atoms with Crippen LogP contribution in [-0.2, 0) is 0 Å². The molecule has 0 atom stereocenters. The largest absolute Gasteiger partial charge is 0.235 e. The van der Waals surface area contributed by atoms with Gasteiger partial charge in [-0.25, -0.2) is 19.9 Å². The normalized spacial score (nSPS) is 11.9. The van der Waals surface area contributed by atoms with Gasteiger partial charge in [0.25, 0.3) is 0 Å². The molecule has 0 spiro atoms. The number of rotatable bonds is 5. The minimum absolute atomic E-state index is 0.641. The second-order valence-electron chi connectivity index (χ2n) is 14.1. The molecule has 0 bridgehead atoms. The average Bonchev–Trinajstić information content (AvgIpc) is 4.00. The van der Waals surface area contributed by atoms with E-state index in [1.165, 1.54) is 45.9 Å². The number of aromatic nitrogens is 4. The molecule has 0 fully saturated rings. The maximum Gasteiger partial charge on any atom is 0.165 e. The predicted molar refractivity (Wildman–Crippen MR) is 243 cm³/mol. The second kappa shape index (κ2) is 13.0. The molecular formula is C50H28N4S3. The fourth-order valence-electron chi connectivity index (χ4n) is 8.23. The van der Waals surface area contributed by atoms with E-state index in [1.807, 2.05) is 29.5 Å². The molecule has 4 aromatic heterocycles. The van der Waals surface area contributed by atoms with E-state index in [0.29, 0.717) is 17.5 Å². The number of hydrogen-bond acceptors (Lipinski definition) is 7. The third kappa shape index (κ3) is 5.24. The first kappa shape index (κ1) is 32.6. The molecule has 0 aliphatic rings. The van der Waals surface area contributed by atoms with E-state index in [1.54, 1.807) is 22.7 Å². The van der Waals surface area contributed by atoms with E-state index in [-0.39, 0.29) is 0 Å². The summed E-state index contributed by atoms with van der Waals surface area (Å²) >= 11 is 5.39. The van der Waals surface area contributed by atoms with Crippen molar-refractivity contribution in [2.75, 3.05) is 0 Å². The van der Waals surface area contributed by atoms with E-state index in [2.05, 4.69) is 152 Å². The molecular weight excluding hydrogens is 753 g/mol. The van der Waals surface area contributed by atoms with E-state index in [4.69, 9.17) is 19.9 Å². The van der Waals surface area contributed by atoms with Crippen molar-refractivity contribution in [2.45, 2.75) is 0 Å². The Morgan fingerprint density at radius 2 is 0.965 bits per heavy atom. The highest BCUT2D eigenvalue weighted by Crippen LogP contribution is 2.47. The van der Waals surface area contributed by atoms with Gasteiger partial charge in [0.05, 0.1) is 10.2 Å². The fraction of sp³-hybridized carbons (Fsp3) is 0. The third-order valence-electron chi connectivity index (χ3n) is 10.8. The fourth-order valence-corrected chi connectivity index (χ4v) is 11.6. The first-order chi connectivity index (χ1) is 28.2. The van der Waals surface area contributed by atoms with Crippen molar-refractivity contribution in [1.82, 2.24) is 19.9 Å². The van der Waals surface area contributed by atoms with Crippen LogP contribution < -0.4 is 0 Å². The molecule has 7 heteroatoms. The molecule has 0 saturated heterocycles. The number of benzene rings is 8. The zero-order chi connectivity index (χ0) is 37.5. The Hall–Kier alpha value is -6.64. The van der Waals surface area contributed by atoms with Gasteiger partial charge in [-0.2, -0.15) is 0 Å². The van der Waals surface area contributed by atoms with Gasteiger partial charge in [-0.15, -0.1) is 34.0 Å². The summed E-state index contributed by atoms with van der Waals surface area (Å²) in [4.78, 5) is 21.2. The molecule has 8 aromatic carbocycles. The van der Waals surface area contributed by atoms with Crippen LogP contribution in [0, 0.1) is 0 Å². The molecule has 0 unspecified atom stereocenters. The second-order valence-corrected chi connectivity index (χ2v) is 17.3. The summed E-state index contributed by atoms with van der Waals surface area (Å²) < 4.78 is 6.10. The maximum atomic E-state index is 5.43. The lowest BCUT2D eigenvalue weighted by molar-refractivity contribution is 1.08. The number of thiazole rings is 1. The van der Waals surface area contributed by atoms with Crippen molar-refractivity contribution < 1.29 is 0 Å². The molecule has 0 radical (unpaired) electrons. The summed E-state index contributed by atoms with van der Waals surface area (Å²) in [5, 5.41) is 8.28. The topological polar surface area (TPSA) is 51.6 Å². The SMILES string of the molecule is c1ccc(-c2nc(-c3ccc4ccccc4c3-c3ccccc3)nc(-c3cccc4c3sc3ccc5sc(-c6cccc7sc8ccccc8c67)nc5c34)n2)cc1. The van der Waals surface area contributed by atoms with Gasteiger partial charge in [0.2, 0.25) is 0 Å². The zero-order valence-corrected chi connectivity index (χ0v) is 32.6. The number of nitrogens with zero attached hydrogens (tertiary/aromatic N) is 4. The Morgan fingerprint density at radius 1 is 0.333 bits per heavy atom. The van der Waals surface area contributed by atoms with Gasteiger partial charge in [-0.05, 0) is 52.7 Å². The average molecular weight is 781 g/mol. The lowest BCUT2D eigenvalue weighted by Gasteiger charge is -2.15. The first-order valence-electron chi connectivity index (χ1n) is 18.8. The van der Waals surface area contributed by atoms with Crippen LogP contribution in [0.3, 0.4) is 0 Å². The highest BCUT2D eigenvalue weighted by molar-refractivity contribution is 7.27. The van der Waals surface area contributed by atoms with Gasteiger partial charge in [-0.1, -0.05) is 133 Å². The molecule has 0 N–H and O–H groups in total. The first-order valence-corrected chi connectivity index (χ1v) is 21.2. The lowest BCUT2D eigenvalue weighted by atomic mass is 9.93. The molecule has 0 amide bonds. The summed E-state index contributed by atoms with van der Waals surface area (Å²) in [5.74, 6) is 1.93. The molecule has 4 heterocycles. The van der Waals surface area contributed by atoms with Crippen molar-refractivity contribution in [3.8, 4) is 55.9 Å². The van der Waals surface area contributed by atoms with E-state index in [0.717, 1.165) is 53.8 Å². The number of hydrogen-bond donors (Lipinski definition) is 0. The standard InChI is InChI=1S/C50H28N4S3/c1-3-14-30(15-4-1)42-32-18-8-7-13-29(32)25-26-35(42)48-52-47(31-16-5-2-6-17-31)53-49(54-48)37-22-11-20-34-44-40(56-46(34)37)27-28-41-45(44)51-50(57-41)36-21-12-24-39-43(36)33-19-9-10-23-38(33)55-39/h1-28H. The molecule has 4 nitrogen and oxygen atoms in total. The van der Waals surface area contributed by atoms with E-state index in [9.17, 15) is 0 Å². The number of fused-ring (bicyclic) bond motifs is 9. The van der Waals surface area contributed by atoms with E-state index < -0.39 is 0 Å². The predicted octanol–water partition coefficient (Wildman–Crippen LogP) is 14.7.